The van der Waals surface area contributed by atoms with Gasteiger partial charge >= 0.3 is 0 Å². The number of carbonyl (C=O) groups excluding carboxylic acids is 1. The van der Waals surface area contributed by atoms with Gasteiger partial charge in [-0.15, -0.1) is 0 Å². The third-order valence-corrected chi connectivity index (χ3v) is 2.18. The molecule has 0 atom stereocenters. The predicted octanol–water partition coefficient (Wildman–Crippen LogP) is 2.96. The van der Waals surface area contributed by atoms with Crippen molar-refractivity contribution in [2.75, 3.05) is 0 Å². The Morgan fingerprint density at radius 2 is 2.13 bits per heavy atom. The number of nitrogens with one attached hydrogen (secondary N) is 1. The predicted molar refractivity (Wildman–Crippen MR) is 58.7 cm³/mol. The molecule has 74 valence electrons. The summed E-state index contributed by atoms with van der Waals surface area (Å²) in [6.45, 7) is 2.00. The van der Waals surface area contributed by atoms with Gasteiger partial charge in [0.1, 0.15) is 0 Å². The van der Waals surface area contributed by atoms with Crippen molar-refractivity contribution < 1.29 is 4.79 Å². The van der Waals surface area contributed by atoms with E-state index in [1.54, 1.807) is 6.07 Å². The van der Waals surface area contributed by atoms with E-state index in [0.717, 1.165) is 16.8 Å². The van der Waals surface area contributed by atoms with Gasteiger partial charge in [-0.2, -0.15) is 4.99 Å². The zero-order valence-electron chi connectivity index (χ0n) is 8.32. The maximum atomic E-state index is 10.1. The van der Waals surface area contributed by atoms with Gasteiger partial charge in [0.25, 0.3) is 0 Å². The highest BCUT2D eigenvalue weighted by molar-refractivity contribution is 5.68. The van der Waals surface area contributed by atoms with Crippen LogP contribution in [0.15, 0.2) is 41.5 Å². The van der Waals surface area contributed by atoms with Crippen molar-refractivity contribution >= 4 is 11.8 Å². The summed E-state index contributed by atoms with van der Waals surface area (Å²) in [5, 5.41) is 0. The topological polar surface area (TPSA) is 45.2 Å². The highest BCUT2D eigenvalue weighted by atomic mass is 16.1. The van der Waals surface area contributed by atoms with E-state index in [-0.39, 0.29) is 0 Å². The van der Waals surface area contributed by atoms with Gasteiger partial charge in [0.05, 0.1) is 5.69 Å². The molecule has 15 heavy (non-hydrogen) atoms. The van der Waals surface area contributed by atoms with Gasteiger partial charge in [-0.05, 0) is 36.2 Å². The molecule has 2 aromatic rings. The van der Waals surface area contributed by atoms with Crippen LogP contribution in [0.3, 0.4) is 0 Å². The van der Waals surface area contributed by atoms with E-state index in [0.29, 0.717) is 5.69 Å². The monoisotopic (exact) mass is 198 g/mol. The second-order valence-corrected chi connectivity index (χ2v) is 3.32. The standard InChI is InChI=1S/C12H10N2O/c1-9-5-11(7-13-9)10-3-2-4-12(6-10)14-8-15/h2-7,13H,1H3. The lowest BCUT2D eigenvalue weighted by Gasteiger charge is -1.97. The van der Waals surface area contributed by atoms with E-state index in [1.165, 1.54) is 6.08 Å². The van der Waals surface area contributed by atoms with Gasteiger partial charge in [-0.25, -0.2) is 4.79 Å². The molecule has 1 aromatic carbocycles. The SMILES string of the molecule is Cc1cc(-c2cccc(N=C=O)c2)c[nH]1. The van der Waals surface area contributed by atoms with Crippen LogP contribution in [0.25, 0.3) is 11.1 Å². The second kappa shape index (κ2) is 3.95. The lowest BCUT2D eigenvalue weighted by atomic mass is 10.1. The summed E-state index contributed by atoms with van der Waals surface area (Å²) in [6, 6.07) is 9.52. The summed E-state index contributed by atoms with van der Waals surface area (Å²) in [7, 11) is 0. The number of aromatic nitrogens is 1. The highest BCUT2D eigenvalue weighted by Crippen LogP contribution is 2.24. The molecule has 0 saturated heterocycles. The minimum atomic E-state index is 0.626. The fourth-order valence-electron chi connectivity index (χ4n) is 1.48. The zero-order chi connectivity index (χ0) is 10.7. The Hall–Kier alpha value is -2.12. The van der Waals surface area contributed by atoms with Crippen molar-refractivity contribution in [3.8, 4) is 11.1 Å². The van der Waals surface area contributed by atoms with Crippen LogP contribution in [0.1, 0.15) is 5.69 Å². The number of aliphatic imine (C=N–C) groups is 1. The van der Waals surface area contributed by atoms with Crippen LogP contribution >= 0.6 is 0 Å². The molecule has 2 rings (SSSR count). The molecule has 0 amide bonds. The third-order valence-electron chi connectivity index (χ3n) is 2.18. The minimum absolute atomic E-state index is 0.626. The van der Waals surface area contributed by atoms with Crippen molar-refractivity contribution in [2.45, 2.75) is 6.92 Å². The zero-order valence-corrected chi connectivity index (χ0v) is 8.32. The quantitative estimate of drug-likeness (QED) is 0.585. The molecule has 0 aliphatic heterocycles. The Bertz CT molecular complexity index is 522. The first-order chi connectivity index (χ1) is 7.29. The van der Waals surface area contributed by atoms with Crippen molar-refractivity contribution in [1.82, 2.24) is 4.98 Å². The van der Waals surface area contributed by atoms with Crippen LogP contribution in [-0.4, -0.2) is 11.1 Å². The first-order valence-electron chi connectivity index (χ1n) is 4.63. The molecular formula is C12H10N2O. The molecule has 0 radical (unpaired) electrons. The van der Waals surface area contributed by atoms with Crippen molar-refractivity contribution in [3.63, 3.8) is 0 Å². The first kappa shape index (κ1) is 9.44. The molecule has 1 aromatic heterocycles. The molecule has 1 N–H and O–H groups in total. The van der Waals surface area contributed by atoms with Crippen LogP contribution < -0.4 is 0 Å². The summed E-state index contributed by atoms with van der Waals surface area (Å²) in [6.07, 6.45) is 3.46. The van der Waals surface area contributed by atoms with E-state index in [2.05, 4.69) is 9.98 Å². The number of hydrogen-bond acceptors (Lipinski definition) is 2. The molecular weight excluding hydrogens is 188 g/mol. The summed E-state index contributed by atoms with van der Waals surface area (Å²) in [4.78, 5) is 16.8. The number of rotatable bonds is 2. The van der Waals surface area contributed by atoms with Crippen LogP contribution in [0.5, 0.6) is 0 Å². The van der Waals surface area contributed by atoms with Crippen molar-refractivity contribution in [1.29, 1.82) is 0 Å². The molecule has 0 aliphatic rings. The number of nitrogens with zero attached hydrogens (tertiary/aromatic N) is 1. The van der Waals surface area contributed by atoms with Crippen LogP contribution in [0.4, 0.5) is 5.69 Å². The van der Waals surface area contributed by atoms with Crippen molar-refractivity contribution in [2.24, 2.45) is 4.99 Å². The maximum absolute atomic E-state index is 10.1. The van der Waals surface area contributed by atoms with Gasteiger partial charge in [0.2, 0.25) is 6.08 Å². The number of isocyanates is 1. The Kier molecular flexibility index (Phi) is 2.48. The van der Waals surface area contributed by atoms with Gasteiger partial charge in [-0.1, -0.05) is 12.1 Å². The number of aromatic amines is 1. The molecule has 0 unspecified atom stereocenters. The number of aryl methyl sites for hydroxylation is 1. The summed E-state index contributed by atoms with van der Waals surface area (Å²) in [5.74, 6) is 0. The largest absolute Gasteiger partial charge is 0.365 e. The molecule has 0 fully saturated rings. The van der Waals surface area contributed by atoms with E-state index in [4.69, 9.17) is 0 Å². The van der Waals surface area contributed by atoms with Gasteiger partial charge in [0, 0.05) is 11.9 Å². The summed E-state index contributed by atoms with van der Waals surface area (Å²) < 4.78 is 0. The lowest BCUT2D eigenvalue weighted by Crippen LogP contribution is -1.72. The average molecular weight is 198 g/mol. The van der Waals surface area contributed by atoms with Crippen LogP contribution in [-0.2, 0) is 4.79 Å². The molecule has 0 saturated carbocycles. The van der Waals surface area contributed by atoms with Gasteiger partial charge < -0.3 is 4.98 Å². The fourth-order valence-corrected chi connectivity index (χ4v) is 1.48. The average Bonchev–Trinajstić information content (AvgIpc) is 2.66. The maximum Gasteiger partial charge on any atom is 0.240 e. The van der Waals surface area contributed by atoms with Gasteiger partial charge in [-0.3, -0.25) is 0 Å². The Morgan fingerprint density at radius 3 is 2.80 bits per heavy atom. The molecule has 3 nitrogen and oxygen atoms in total. The molecule has 1 heterocycles. The summed E-state index contributed by atoms with van der Waals surface area (Å²) >= 11 is 0. The number of H-pyrrole nitrogens is 1. The molecule has 0 bridgehead atoms. The Balaban J connectivity index is 2.44. The van der Waals surface area contributed by atoms with Crippen LogP contribution in [0, 0.1) is 6.92 Å². The lowest BCUT2D eigenvalue weighted by molar-refractivity contribution is 0.565. The van der Waals surface area contributed by atoms with E-state index in [1.807, 2.05) is 37.4 Å². The van der Waals surface area contributed by atoms with E-state index in [9.17, 15) is 4.79 Å². The van der Waals surface area contributed by atoms with E-state index < -0.39 is 0 Å². The smallest absolute Gasteiger partial charge is 0.240 e. The van der Waals surface area contributed by atoms with Crippen LogP contribution in [0.2, 0.25) is 0 Å². The Labute approximate surface area is 87.5 Å². The third kappa shape index (κ3) is 2.03. The number of benzene rings is 1. The minimum Gasteiger partial charge on any atom is -0.365 e. The normalized spacial score (nSPS) is 9.67. The second-order valence-electron chi connectivity index (χ2n) is 3.32. The first-order valence-corrected chi connectivity index (χ1v) is 4.63. The Morgan fingerprint density at radius 1 is 1.27 bits per heavy atom. The molecule has 3 heteroatoms. The van der Waals surface area contributed by atoms with Crippen molar-refractivity contribution in [3.05, 3.63) is 42.2 Å². The summed E-state index contributed by atoms with van der Waals surface area (Å²) in [5.41, 5.74) is 3.86. The molecule has 0 spiro atoms. The van der Waals surface area contributed by atoms with Gasteiger partial charge in [0.15, 0.2) is 0 Å². The number of hydrogen-bond donors (Lipinski definition) is 1. The highest BCUT2D eigenvalue weighted by Gasteiger charge is 2.00. The van der Waals surface area contributed by atoms with E-state index >= 15 is 0 Å². The molecule has 0 aliphatic carbocycles. The fraction of sp³-hybridized carbons (Fsp3) is 0.0833.